The number of carbonyl (C=O) groups is 1. The van der Waals surface area contributed by atoms with Crippen molar-refractivity contribution in [3.63, 3.8) is 0 Å². The average molecular weight is 309 g/mol. The number of benzene rings is 1. The molecule has 6 nitrogen and oxygen atoms in total. The van der Waals surface area contributed by atoms with Crippen LogP contribution < -0.4 is 10.2 Å². The second kappa shape index (κ2) is 4.99. The smallest absolute Gasteiger partial charge is 0.247 e. The summed E-state index contributed by atoms with van der Waals surface area (Å²) in [4.78, 5) is 14.5. The highest BCUT2D eigenvalue weighted by Crippen LogP contribution is 2.37. The first kappa shape index (κ1) is 14.3. The highest BCUT2D eigenvalue weighted by Gasteiger charge is 2.35. The maximum Gasteiger partial charge on any atom is 0.247 e. The largest absolute Gasteiger partial charge is 0.358 e. The summed E-state index contributed by atoms with van der Waals surface area (Å²) in [6.45, 7) is 0.838. The van der Waals surface area contributed by atoms with Gasteiger partial charge in [-0.05, 0) is 37.5 Å². The quantitative estimate of drug-likeness (QED) is 0.892. The van der Waals surface area contributed by atoms with E-state index in [9.17, 15) is 13.2 Å². The molecule has 0 spiro atoms. The van der Waals surface area contributed by atoms with Gasteiger partial charge in [0.1, 0.15) is 6.04 Å². The fourth-order valence-electron chi connectivity index (χ4n) is 2.95. The van der Waals surface area contributed by atoms with E-state index in [1.165, 1.54) is 18.4 Å². The van der Waals surface area contributed by atoms with E-state index in [1.54, 1.807) is 18.2 Å². The van der Waals surface area contributed by atoms with Crippen LogP contribution in [-0.4, -0.2) is 45.3 Å². The highest BCUT2D eigenvalue weighted by atomic mass is 32.2. The molecule has 1 aromatic rings. The summed E-state index contributed by atoms with van der Waals surface area (Å²) >= 11 is 0. The Hall–Kier alpha value is -1.60. The minimum absolute atomic E-state index is 0.0402. The van der Waals surface area contributed by atoms with Crippen LogP contribution in [0.5, 0.6) is 0 Å². The van der Waals surface area contributed by atoms with Gasteiger partial charge < -0.3 is 10.2 Å². The Morgan fingerprint density at radius 2 is 2.05 bits per heavy atom. The zero-order valence-electron chi connectivity index (χ0n) is 12.2. The molecule has 3 rings (SSSR count). The molecule has 1 saturated heterocycles. The van der Waals surface area contributed by atoms with Gasteiger partial charge in [-0.2, -0.15) is 0 Å². The number of carbonyl (C=O) groups excluding carboxylic acids is 1. The SMILES string of the molecule is CN(C)S(=O)(=O)c1ccc2c(c1)NC(=O)[C@H]1CCCCN21. The zero-order valence-corrected chi connectivity index (χ0v) is 13.0. The summed E-state index contributed by atoms with van der Waals surface area (Å²) in [5, 5.41) is 2.85. The van der Waals surface area contributed by atoms with Crippen molar-refractivity contribution < 1.29 is 13.2 Å². The molecular formula is C14H19N3O3S. The van der Waals surface area contributed by atoms with E-state index in [0.29, 0.717) is 5.69 Å². The molecule has 0 bridgehead atoms. The van der Waals surface area contributed by atoms with Crippen molar-refractivity contribution in [2.75, 3.05) is 30.9 Å². The minimum Gasteiger partial charge on any atom is -0.358 e. The van der Waals surface area contributed by atoms with Crippen LogP contribution in [0.25, 0.3) is 0 Å². The Balaban J connectivity index is 2.05. The molecule has 114 valence electrons. The number of fused-ring (bicyclic) bond motifs is 3. The summed E-state index contributed by atoms with van der Waals surface area (Å²) in [6, 6.07) is 4.83. The summed E-state index contributed by atoms with van der Waals surface area (Å²) in [5.74, 6) is -0.0402. The summed E-state index contributed by atoms with van der Waals surface area (Å²) in [6.07, 6.45) is 2.96. The normalized spacial score (nSPS) is 21.8. The number of anilines is 2. The molecule has 0 radical (unpaired) electrons. The second-order valence-electron chi connectivity index (χ2n) is 5.66. The van der Waals surface area contributed by atoms with Crippen molar-refractivity contribution in [3.05, 3.63) is 18.2 Å². The van der Waals surface area contributed by atoms with E-state index < -0.39 is 10.0 Å². The lowest BCUT2D eigenvalue weighted by Gasteiger charge is -2.41. The molecule has 2 heterocycles. The van der Waals surface area contributed by atoms with Gasteiger partial charge in [0.15, 0.2) is 0 Å². The number of nitrogens with one attached hydrogen (secondary N) is 1. The standard InChI is InChI=1S/C14H19N3O3S/c1-16(2)21(19,20)10-6-7-12-11(9-10)15-14(18)13-5-3-4-8-17(12)13/h6-7,9,13H,3-5,8H2,1-2H3,(H,15,18)/t13-/m1/s1. The molecule has 0 saturated carbocycles. The molecule has 1 N–H and O–H groups in total. The zero-order chi connectivity index (χ0) is 15.2. The van der Waals surface area contributed by atoms with E-state index in [-0.39, 0.29) is 16.8 Å². The van der Waals surface area contributed by atoms with Gasteiger partial charge in [-0.3, -0.25) is 4.79 Å². The lowest BCUT2D eigenvalue weighted by molar-refractivity contribution is -0.118. The minimum atomic E-state index is -3.49. The van der Waals surface area contributed by atoms with Crippen LogP contribution in [0.3, 0.4) is 0 Å². The number of hydrogen-bond acceptors (Lipinski definition) is 4. The molecule has 1 amide bonds. The molecular weight excluding hydrogens is 290 g/mol. The van der Waals surface area contributed by atoms with Crippen LogP contribution in [0.15, 0.2) is 23.1 Å². The first-order chi connectivity index (χ1) is 9.91. The summed E-state index contributed by atoms with van der Waals surface area (Å²) < 4.78 is 25.5. The van der Waals surface area contributed by atoms with Gasteiger partial charge in [-0.15, -0.1) is 0 Å². The van der Waals surface area contributed by atoms with Gasteiger partial charge in [-0.1, -0.05) is 0 Å². The van der Waals surface area contributed by atoms with Gasteiger partial charge in [0.05, 0.1) is 16.3 Å². The van der Waals surface area contributed by atoms with Crippen molar-refractivity contribution in [2.45, 2.75) is 30.2 Å². The van der Waals surface area contributed by atoms with E-state index in [1.807, 2.05) is 0 Å². The summed E-state index contributed by atoms with van der Waals surface area (Å²) in [7, 11) is -0.505. The predicted molar refractivity (Wildman–Crippen MR) is 80.9 cm³/mol. The van der Waals surface area contributed by atoms with Gasteiger partial charge in [-0.25, -0.2) is 12.7 Å². The van der Waals surface area contributed by atoms with Crippen molar-refractivity contribution in [1.29, 1.82) is 0 Å². The Bertz CT molecular complexity index is 685. The molecule has 0 unspecified atom stereocenters. The maximum absolute atomic E-state index is 12.2. The van der Waals surface area contributed by atoms with Gasteiger partial charge in [0, 0.05) is 20.6 Å². The molecule has 2 aliphatic heterocycles. The third kappa shape index (κ3) is 2.30. The Morgan fingerprint density at radius 1 is 1.29 bits per heavy atom. The fourth-order valence-corrected chi connectivity index (χ4v) is 3.87. The van der Waals surface area contributed by atoms with Crippen molar-refractivity contribution in [2.24, 2.45) is 0 Å². The molecule has 21 heavy (non-hydrogen) atoms. The molecule has 7 heteroatoms. The predicted octanol–water partition coefficient (Wildman–Crippen LogP) is 1.25. The number of amides is 1. The first-order valence-electron chi connectivity index (χ1n) is 7.05. The van der Waals surface area contributed by atoms with Crippen LogP contribution >= 0.6 is 0 Å². The van der Waals surface area contributed by atoms with Gasteiger partial charge in [0.25, 0.3) is 0 Å². The van der Waals surface area contributed by atoms with Crippen LogP contribution in [0, 0.1) is 0 Å². The first-order valence-corrected chi connectivity index (χ1v) is 8.49. The average Bonchev–Trinajstić information content (AvgIpc) is 2.47. The molecule has 1 fully saturated rings. The number of nitrogens with zero attached hydrogens (tertiary/aromatic N) is 2. The van der Waals surface area contributed by atoms with Gasteiger partial charge in [0.2, 0.25) is 15.9 Å². The van der Waals surface area contributed by atoms with Crippen LogP contribution in [0.4, 0.5) is 11.4 Å². The van der Waals surface area contributed by atoms with E-state index in [0.717, 1.165) is 31.5 Å². The molecule has 0 aliphatic carbocycles. The lowest BCUT2D eigenvalue weighted by Crippen LogP contribution is -2.50. The Labute approximate surface area is 124 Å². The van der Waals surface area contributed by atoms with E-state index in [2.05, 4.69) is 10.2 Å². The lowest BCUT2D eigenvalue weighted by atomic mass is 9.97. The van der Waals surface area contributed by atoms with E-state index in [4.69, 9.17) is 0 Å². The molecule has 1 atom stereocenters. The van der Waals surface area contributed by atoms with E-state index >= 15 is 0 Å². The second-order valence-corrected chi connectivity index (χ2v) is 7.81. The molecule has 1 aromatic carbocycles. The molecule has 2 aliphatic rings. The maximum atomic E-state index is 12.2. The summed E-state index contributed by atoms with van der Waals surface area (Å²) in [5.41, 5.74) is 1.50. The topological polar surface area (TPSA) is 69.7 Å². The Morgan fingerprint density at radius 3 is 2.76 bits per heavy atom. The van der Waals surface area contributed by atoms with Crippen LogP contribution in [-0.2, 0) is 14.8 Å². The monoisotopic (exact) mass is 309 g/mol. The third-order valence-electron chi connectivity index (χ3n) is 4.12. The number of sulfonamides is 1. The van der Waals surface area contributed by atoms with Crippen molar-refractivity contribution >= 4 is 27.3 Å². The number of hydrogen-bond donors (Lipinski definition) is 1. The fraction of sp³-hybridized carbons (Fsp3) is 0.500. The van der Waals surface area contributed by atoms with Crippen LogP contribution in [0.2, 0.25) is 0 Å². The van der Waals surface area contributed by atoms with Crippen molar-refractivity contribution in [1.82, 2.24) is 4.31 Å². The van der Waals surface area contributed by atoms with Crippen LogP contribution in [0.1, 0.15) is 19.3 Å². The van der Waals surface area contributed by atoms with Crippen molar-refractivity contribution in [3.8, 4) is 0 Å². The number of rotatable bonds is 2. The van der Waals surface area contributed by atoms with Gasteiger partial charge >= 0.3 is 0 Å². The molecule has 0 aromatic heterocycles. The Kier molecular flexibility index (Phi) is 3.41. The number of piperidine rings is 1. The highest BCUT2D eigenvalue weighted by molar-refractivity contribution is 7.89. The third-order valence-corrected chi connectivity index (χ3v) is 5.93.